The Labute approximate surface area is 87.8 Å². The number of rotatable bonds is 1. The molecule has 7 heteroatoms. The van der Waals surface area contributed by atoms with Crippen molar-refractivity contribution in [2.45, 2.75) is 6.18 Å². The lowest BCUT2D eigenvalue weighted by atomic mass is 10.0. The van der Waals surface area contributed by atoms with E-state index in [-0.39, 0.29) is 0 Å². The lowest BCUT2D eigenvalue weighted by Gasteiger charge is -2.14. The number of hydrogen-bond donors (Lipinski definition) is 1. The van der Waals surface area contributed by atoms with Gasteiger partial charge in [-0.2, -0.15) is 13.2 Å². The predicted molar refractivity (Wildman–Crippen MR) is 47.2 cm³/mol. The first-order chi connectivity index (χ1) is 7.29. The highest BCUT2D eigenvalue weighted by Crippen LogP contribution is 2.37. The van der Waals surface area contributed by atoms with Crippen LogP contribution in [0.4, 0.5) is 23.2 Å². The third-order valence-electron chi connectivity index (χ3n) is 1.88. The maximum absolute atomic E-state index is 12.9. The van der Waals surface area contributed by atoms with E-state index in [0.717, 1.165) is 7.11 Å². The van der Waals surface area contributed by atoms with Crippen molar-refractivity contribution >= 4 is 11.7 Å². The zero-order chi connectivity index (χ0) is 12.5. The van der Waals surface area contributed by atoms with Gasteiger partial charge in [0.15, 0.2) is 0 Å². The maximum Gasteiger partial charge on any atom is 0.419 e. The summed E-state index contributed by atoms with van der Waals surface area (Å²) < 4.78 is 54.6. The molecular formula is C9H7F4NO2. The minimum Gasteiger partial charge on any atom is -0.465 e. The number of halogens is 4. The molecule has 0 aliphatic rings. The summed E-state index contributed by atoms with van der Waals surface area (Å²) in [7, 11) is 0.919. The largest absolute Gasteiger partial charge is 0.465 e. The lowest BCUT2D eigenvalue weighted by molar-refractivity contribution is -0.137. The fraction of sp³-hybridized carbons (Fsp3) is 0.222. The summed E-state index contributed by atoms with van der Waals surface area (Å²) in [5, 5.41) is 0. The Hall–Kier alpha value is -1.79. The van der Waals surface area contributed by atoms with Gasteiger partial charge in [0.1, 0.15) is 5.82 Å². The monoisotopic (exact) mass is 237 g/mol. The van der Waals surface area contributed by atoms with E-state index in [4.69, 9.17) is 5.73 Å². The van der Waals surface area contributed by atoms with Crippen molar-refractivity contribution in [2.75, 3.05) is 12.8 Å². The standard InChI is InChI=1S/C9H7F4NO2/c1-16-8(15)4-2-3-5(10)7(14)6(4)9(11,12)13/h2-3H,14H2,1H3. The van der Waals surface area contributed by atoms with Crippen LogP contribution in [0.5, 0.6) is 0 Å². The van der Waals surface area contributed by atoms with E-state index in [1.807, 2.05) is 0 Å². The number of methoxy groups -OCH3 is 1. The van der Waals surface area contributed by atoms with Crippen LogP contribution in [0.25, 0.3) is 0 Å². The van der Waals surface area contributed by atoms with Gasteiger partial charge in [0, 0.05) is 0 Å². The van der Waals surface area contributed by atoms with Gasteiger partial charge in [-0.15, -0.1) is 0 Å². The molecule has 1 aromatic carbocycles. The first-order valence-electron chi connectivity index (χ1n) is 4.02. The second-order valence-corrected chi connectivity index (χ2v) is 2.87. The Morgan fingerprint density at radius 3 is 2.38 bits per heavy atom. The molecule has 2 N–H and O–H groups in total. The molecular weight excluding hydrogens is 230 g/mol. The zero-order valence-corrected chi connectivity index (χ0v) is 8.06. The van der Waals surface area contributed by atoms with Crippen molar-refractivity contribution in [3.05, 3.63) is 29.1 Å². The van der Waals surface area contributed by atoms with Crippen LogP contribution in [0.1, 0.15) is 15.9 Å². The minimum atomic E-state index is -4.92. The van der Waals surface area contributed by atoms with Crippen LogP contribution in [0.15, 0.2) is 12.1 Å². The highest BCUT2D eigenvalue weighted by atomic mass is 19.4. The van der Waals surface area contributed by atoms with E-state index < -0.39 is 34.8 Å². The molecule has 0 bridgehead atoms. The molecule has 0 radical (unpaired) electrons. The van der Waals surface area contributed by atoms with Crippen LogP contribution in [0.3, 0.4) is 0 Å². The molecule has 0 heterocycles. The number of benzene rings is 1. The average Bonchev–Trinajstić information content (AvgIpc) is 2.18. The van der Waals surface area contributed by atoms with E-state index in [1.54, 1.807) is 0 Å². The Bertz CT molecular complexity index is 428. The highest BCUT2D eigenvalue weighted by Gasteiger charge is 2.39. The summed E-state index contributed by atoms with van der Waals surface area (Å²) in [5.41, 5.74) is 1.52. The van der Waals surface area contributed by atoms with Gasteiger partial charge in [-0.1, -0.05) is 0 Å². The smallest absolute Gasteiger partial charge is 0.419 e. The molecule has 0 atom stereocenters. The van der Waals surface area contributed by atoms with Gasteiger partial charge in [-0.25, -0.2) is 9.18 Å². The molecule has 1 aromatic rings. The van der Waals surface area contributed by atoms with Gasteiger partial charge in [0.05, 0.1) is 23.9 Å². The first kappa shape index (κ1) is 12.3. The topological polar surface area (TPSA) is 52.3 Å². The van der Waals surface area contributed by atoms with Gasteiger partial charge in [-0.3, -0.25) is 0 Å². The molecule has 88 valence electrons. The fourth-order valence-corrected chi connectivity index (χ4v) is 1.18. The van der Waals surface area contributed by atoms with Gasteiger partial charge < -0.3 is 10.5 Å². The zero-order valence-electron chi connectivity index (χ0n) is 8.06. The summed E-state index contributed by atoms with van der Waals surface area (Å²) in [6.45, 7) is 0. The van der Waals surface area contributed by atoms with Crippen LogP contribution >= 0.6 is 0 Å². The Morgan fingerprint density at radius 1 is 1.38 bits per heavy atom. The number of anilines is 1. The van der Waals surface area contributed by atoms with Gasteiger partial charge in [-0.05, 0) is 12.1 Å². The summed E-state index contributed by atoms with van der Waals surface area (Å²) in [4.78, 5) is 11.0. The first-order valence-corrected chi connectivity index (χ1v) is 4.02. The number of alkyl halides is 3. The van der Waals surface area contributed by atoms with Gasteiger partial charge in [0.25, 0.3) is 0 Å². The molecule has 0 aromatic heterocycles. The predicted octanol–water partition coefficient (Wildman–Crippen LogP) is 2.21. The molecule has 0 spiro atoms. The van der Waals surface area contributed by atoms with Crippen molar-refractivity contribution in [1.29, 1.82) is 0 Å². The van der Waals surface area contributed by atoms with E-state index in [2.05, 4.69) is 4.74 Å². The Kier molecular flexibility index (Phi) is 3.06. The molecule has 1 rings (SSSR count). The number of carbonyl (C=O) groups is 1. The second kappa shape index (κ2) is 3.99. The summed E-state index contributed by atoms with van der Waals surface area (Å²) in [6.07, 6.45) is -4.92. The molecule has 0 saturated carbocycles. The van der Waals surface area contributed by atoms with Gasteiger partial charge >= 0.3 is 12.1 Å². The molecule has 0 saturated heterocycles. The van der Waals surface area contributed by atoms with Crippen LogP contribution in [-0.4, -0.2) is 13.1 Å². The Balaban J connectivity index is 3.52. The average molecular weight is 237 g/mol. The maximum atomic E-state index is 12.9. The van der Waals surface area contributed by atoms with E-state index >= 15 is 0 Å². The summed E-state index contributed by atoms with van der Waals surface area (Å²) in [5.74, 6) is -2.46. The van der Waals surface area contributed by atoms with Crippen LogP contribution in [0.2, 0.25) is 0 Å². The van der Waals surface area contributed by atoms with Crippen molar-refractivity contribution in [3.8, 4) is 0 Å². The number of nitrogen functional groups attached to an aromatic ring is 1. The lowest BCUT2D eigenvalue weighted by Crippen LogP contribution is -2.17. The van der Waals surface area contributed by atoms with E-state index in [9.17, 15) is 22.4 Å². The van der Waals surface area contributed by atoms with Crippen LogP contribution < -0.4 is 5.73 Å². The molecule has 16 heavy (non-hydrogen) atoms. The summed E-state index contributed by atoms with van der Waals surface area (Å²) in [6, 6.07) is 1.36. The fourth-order valence-electron chi connectivity index (χ4n) is 1.18. The Morgan fingerprint density at radius 2 is 1.94 bits per heavy atom. The van der Waals surface area contributed by atoms with Crippen molar-refractivity contribution in [3.63, 3.8) is 0 Å². The minimum absolute atomic E-state index is 0.677. The highest BCUT2D eigenvalue weighted by molar-refractivity contribution is 5.93. The normalized spacial score (nSPS) is 11.3. The van der Waals surface area contributed by atoms with Crippen molar-refractivity contribution in [2.24, 2.45) is 0 Å². The third-order valence-corrected chi connectivity index (χ3v) is 1.88. The van der Waals surface area contributed by atoms with Crippen LogP contribution in [0, 0.1) is 5.82 Å². The number of carbonyl (C=O) groups excluding carboxylic acids is 1. The molecule has 0 aliphatic heterocycles. The van der Waals surface area contributed by atoms with Crippen molar-refractivity contribution in [1.82, 2.24) is 0 Å². The van der Waals surface area contributed by atoms with Gasteiger partial charge in [0.2, 0.25) is 0 Å². The summed E-state index contributed by atoms with van der Waals surface area (Å²) >= 11 is 0. The number of esters is 1. The number of hydrogen-bond acceptors (Lipinski definition) is 3. The van der Waals surface area contributed by atoms with Crippen LogP contribution in [-0.2, 0) is 10.9 Å². The van der Waals surface area contributed by atoms with E-state index in [1.165, 1.54) is 0 Å². The third kappa shape index (κ3) is 2.07. The number of nitrogens with two attached hydrogens (primary N) is 1. The quantitative estimate of drug-likeness (QED) is 0.463. The molecule has 0 aliphatic carbocycles. The molecule has 0 fully saturated rings. The molecule has 0 unspecified atom stereocenters. The SMILES string of the molecule is COC(=O)c1ccc(F)c(N)c1C(F)(F)F. The molecule has 3 nitrogen and oxygen atoms in total. The molecule has 0 amide bonds. The van der Waals surface area contributed by atoms with Crippen molar-refractivity contribution < 1.29 is 27.1 Å². The second-order valence-electron chi connectivity index (χ2n) is 2.87. The number of ether oxygens (including phenoxy) is 1. The van der Waals surface area contributed by atoms with E-state index in [0.29, 0.717) is 12.1 Å².